The molecule has 0 aliphatic carbocycles. The summed E-state index contributed by atoms with van der Waals surface area (Å²) in [5.41, 5.74) is 0.0297. The lowest BCUT2D eigenvalue weighted by atomic mass is 10.3. The van der Waals surface area contributed by atoms with E-state index in [2.05, 4.69) is 5.32 Å². The highest BCUT2D eigenvalue weighted by atomic mass is 19.2. The molecule has 110 valence electrons. The fourth-order valence-electron chi connectivity index (χ4n) is 1.51. The lowest BCUT2D eigenvalue weighted by Gasteiger charge is -2.08. The lowest BCUT2D eigenvalue weighted by Crippen LogP contribution is -2.20. The van der Waals surface area contributed by atoms with E-state index < -0.39 is 35.8 Å². The second-order valence-corrected chi connectivity index (χ2v) is 4.04. The summed E-state index contributed by atoms with van der Waals surface area (Å²) in [7, 11) is 0. The monoisotopic (exact) mass is 299 g/mol. The highest BCUT2D eigenvalue weighted by Gasteiger charge is 2.09. The van der Waals surface area contributed by atoms with E-state index in [0.717, 1.165) is 30.3 Å². The molecule has 0 fully saturated rings. The highest BCUT2D eigenvalue weighted by molar-refractivity contribution is 5.91. The van der Waals surface area contributed by atoms with Crippen LogP contribution in [0.25, 0.3) is 0 Å². The molecule has 0 saturated carbocycles. The number of ether oxygens (including phenoxy) is 1. The fraction of sp³-hybridized carbons (Fsp3) is 0.0714. The van der Waals surface area contributed by atoms with E-state index >= 15 is 0 Å². The number of nitrogens with one attached hydrogen (secondary N) is 1. The van der Waals surface area contributed by atoms with Gasteiger partial charge in [-0.3, -0.25) is 4.79 Å². The van der Waals surface area contributed by atoms with Crippen LogP contribution in [-0.2, 0) is 4.79 Å². The molecule has 2 rings (SSSR count). The van der Waals surface area contributed by atoms with Crippen molar-refractivity contribution in [2.24, 2.45) is 0 Å². The molecule has 1 amide bonds. The van der Waals surface area contributed by atoms with Gasteiger partial charge in [-0.25, -0.2) is 17.6 Å². The van der Waals surface area contributed by atoms with Crippen molar-refractivity contribution in [3.63, 3.8) is 0 Å². The maximum absolute atomic E-state index is 13.2. The SMILES string of the molecule is O=C(COc1ccc(F)cc1F)Nc1ccc(F)c(F)c1. The Morgan fingerprint density at radius 1 is 0.952 bits per heavy atom. The third kappa shape index (κ3) is 3.95. The number of amides is 1. The minimum absolute atomic E-state index is 0.0297. The molecule has 0 radical (unpaired) electrons. The Labute approximate surface area is 117 Å². The van der Waals surface area contributed by atoms with Crippen LogP contribution < -0.4 is 10.1 Å². The van der Waals surface area contributed by atoms with Crippen LogP contribution in [0.5, 0.6) is 5.75 Å². The van der Waals surface area contributed by atoms with E-state index in [0.29, 0.717) is 6.07 Å². The summed E-state index contributed by atoms with van der Waals surface area (Å²) in [4.78, 5) is 11.5. The predicted octanol–water partition coefficient (Wildman–Crippen LogP) is 3.26. The summed E-state index contributed by atoms with van der Waals surface area (Å²) in [6.45, 7) is -0.568. The van der Waals surface area contributed by atoms with Gasteiger partial charge in [-0.15, -0.1) is 0 Å². The third-order valence-electron chi connectivity index (χ3n) is 2.46. The Kier molecular flexibility index (Phi) is 4.42. The van der Waals surface area contributed by atoms with E-state index in [9.17, 15) is 22.4 Å². The molecule has 2 aromatic carbocycles. The third-order valence-corrected chi connectivity index (χ3v) is 2.46. The normalized spacial score (nSPS) is 10.3. The van der Waals surface area contributed by atoms with Crippen molar-refractivity contribution in [1.82, 2.24) is 0 Å². The van der Waals surface area contributed by atoms with Gasteiger partial charge in [0.1, 0.15) is 5.82 Å². The Hall–Kier alpha value is -2.57. The first kappa shape index (κ1) is 14.8. The molecule has 0 unspecified atom stereocenters. The average Bonchev–Trinajstić information content (AvgIpc) is 2.42. The average molecular weight is 299 g/mol. The molecule has 0 saturated heterocycles. The van der Waals surface area contributed by atoms with E-state index in [1.807, 2.05) is 0 Å². The fourth-order valence-corrected chi connectivity index (χ4v) is 1.51. The quantitative estimate of drug-likeness (QED) is 0.880. The van der Waals surface area contributed by atoms with Crippen LogP contribution >= 0.6 is 0 Å². The molecule has 0 atom stereocenters. The molecule has 2 aromatic rings. The molecule has 7 heteroatoms. The van der Waals surface area contributed by atoms with Crippen LogP contribution in [0.1, 0.15) is 0 Å². The van der Waals surface area contributed by atoms with Crippen molar-refractivity contribution in [3.05, 3.63) is 59.7 Å². The van der Waals surface area contributed by atoms with Crippen molar-refractivity contribution in [2.45, 2.75) is 0 Å². The van der Waals surface area contributed by atoms with Gasteiger partial charge >= 0.3 is 0 Å². The molecule has 0 aliphatic heterocycles. The van der Waals surface area contributed by atoms with Crippen LogP contribution in [-0.4, -0.2) is 12.5 Å². The van der Waals surface area contributed by atoms with Gasteiger partial charge in [-0.05, 0) is 24.3 Å². The summed E-state index contributed by atoms with van der Waals surface area (Å²) in [5, 5.41) is 2.24. The maximum Gasteiger partial charge on any atom is 0.262 e. The molecule has 21 heavy (non-hydrogen) atoms. The van der Waals surface area contributed by atoms with E-state index in [1.165, 1.54) is 0 Å². The predicted molar refractivity (Wildman–Crippen MR) is 66.8 cm³/mol. The Balaban J connectivity index is 1.94. The van der Waals surface area contributed by atoms with E-state index in [4.69, 9.17) is 4.74 Å². The number of rotatable bonds is 4. The Bertz CT molecular complexity index is 676. The first-order chi connectivity index (χ1) is 9.95. The number of hydrogen-bond donors (Lipinski definition) is 1. The minimum Gasteiger partial charge on any atom is -0.481 e. The van der Waals surface area contributed by atoms with E-state index in [1.54, 1.807) is 0 Å². The second-order valence-electron chi connectivity index (χ2n) is 4.04. The van der Waals surface area contributed by atoms with Gasteiger partial charge in [0.25, 0.3) is 5.91 Å². The minimum atomic E-state index is -1.11. The first-order valence-corrected chi connectivity index (χ1v) is 5.78. The van der Waals surface area contributed by atoms with E-state index in [-0.39, 0.29) is 11.4 Å². The number of benzene rings is 2. The summed E-state index contributed by atoms with van der Waals surface area (Å²) in [6.07, 6.45) is 0. The zero-order chi connectivity index (χ0) is 15.4. The summed E-state index contributed by atoms with van der Waals surface area (Å²) in [5.74, 6) is -4.88. The zero-order valence-corrected chi connectivity index (χ0v) is 10.5. The summed E-state index contributed by atoms with van der Waals surface area (Å²) >= 11 is 0. The topological polar surface area (TPSA) is 38.3 Å². The molecule has 1 N–H and O–H groups in total. The zero-order valence-electron chi connectivity index (χ0n) is 10.5. The van der Waals surface area contributed by atoms with Crippen LogP contribution in [0.4, 0.5) is 23.2 Å². The molecule has 0 heterocycles. The lowest BCUT2D eigenvalue weighted by molar-refractivity contribution is -0.118. The van der Waals surface area contributed by atoms with Gasteiger partial charge in [0, 0.05) is 17.8 Å². The molecule has 3 nitrogen and oxygen atoms in total. The number of anilines is 1. The molecular formula is C14H9F4NO2. The van der Waals surface area contributed by atoms with Crippen molar-refractivity contribution < 1.29 is 27.1 Å². The molecule has 0 aromatic heterocycles. The van der Waals surface area contributed by atoms with Gasteiger partial charge in [-0.2, -0.15) is 0 Å². The largest absolute Gasteiger partial charge is 0.481 e. The van der Waals surface area contributed by atoms with Crippen molar-refractivity contribution in [2.75, 3.05) is 11.9 Å². The maximum atomic E-state index is 13.2. The standard InChI is InChI=1S/C14H9F4NO2/c15-8-1-4-13(12(18)5-8)21-7-14(20)19-9-2-3-10(16)11(17)6-9/h1-6H,7H2,(H,19,20). The Morgan fingerprint density at radius 3 is 2.38 bits per heavy atom. The Morgan fingerprint density at radius 2 is 1.71 bits per heavy atom. The van der Waals surface area contributed by atoms with Gasteiger partial charge in [-0.1, -0.05) is 0 Å². The van der Waals surface area contributed by atoms with Crippen molar-refractivity contribution in [3.8, 4) is 5.75 Å². The van der Waals surface area contributed by atoms with Crippen molar-refractivity contribution in [1.29, 1.82) is 0 Å². The molecule has 0 bridgehead atoms. The molecule has 0 spiro atoms. The molecule has 0 aliphatic rings. The van der Waals surface area contributed by atoms with Crippen LogP contribution in [0.15, 0.2) is 36.4 Å². The number of carbonyl (C=O) groups is 1. The first-order valence-electron chi connectivity index (χ1n) is 5.78. The van der Waals surface area contributed by atoms with Gasteiger partial charge in [0.2, 0.25) is 0 Å². The van der Waals surface area contributed by atoms with Crippen LogP contribution in [0, 0.1) is 23.3 Å². The molecular weight excluding hydrogens is 290 g/mol. The summed E-state index contributed by atoms with van der Waals surface area (Å²) in [6, 6.07) is 5.44. The van der Waals surface area contributed by atoms with Gasteiger partial charge < -0.3 is 10.1 Å². The second kappa shape index (κ2) is 6.25. The number of hydrogen-bond acceptors (Lipinski definition) is 2. The van der Waals surface area contributed by atoms with Gasteiger partial charge in [0.15, 0.2) is 29.8 Å². The smallest absolute Gasteiger partial charge is 0.262 e. The number of carbonyl (C=O) groups excluding carboxylic acids is 1. The van der Waals surface area contributed by atoms with Crippen LogP contribution in [0.3, 0.4) is 0 Å². The van der Waals surface area contributed by atoms with Gasteiger partial charge in [0.05, 0.1) is 0 Å². The number of halogens is 4. The summed E-state index contributed by atoms with van der Waals surface area (Å²) < 4.78 is 56.4. The van der Waals surface area contributed by atoms with Crippen LogP contribution in [0.2, 0.25) is 0 Å². The highest BCUT2D eigenvalue weighted by Crippen LogP contribution is 2.18. The van der Waals surface area contributed by atoms with Crippen molar-refractivity contribution >= 4 is 11.6 Å².